The van der Waals surface area contributed by atoms with Gasteiger partial charge in [-0.15, -0.1) is 0 Å². The van der Waals surface area contributed by atoms with Crippen molar-refractivity contribution in [2.75, 3.05) is 5.73 Å². The lowest BCUT2D eigenvalue weighted by Crippen LogP contribution is -1.95. The lowest BCUT2D eigenvalue weighted by atomic mass is 10.2. The third-order valence-electron chi connectivity index (χ3n) is 1.78. The number of nitrogens with zero attached hydrogens (tertiary/aromatic N) is 2. The molecule has 0 unspecified atom stereocenters. The van der Waals surface area contributed by atoms with Crippen LogP contribution in [0.1, 0.15) is 0 Å². The topological polar surface area (TPSA) is 43.8 Å². The smallest absolute Gasteiger partial charge is 0.146 e. The summed E-state index contributed by atoms with van der Waals surface area (Å²) in [7, 11) is 0. The summed E-state index contributed by atoms with van der Waals surface area (Å²) in [4.78, 5) is 3.88. The monoisotopic (exact) mass is 177 g/mol. The van der Waals surface area contributed by atoms with Crippen LogP contribution in [0.2, 0.25) is 0 Å². The van der Waals surface area contributed by atoms with E-state index >= 15 is 0 Å². The number of aromatic nitrogens is 2. The van der Waals surface area contributed by atoms with Crippen LogP contribution in [0.4, 0.5) is 10.1 Å². The predicted octanol–water partition coefficient (Wildman–Crippen LogP) is 1.59. The van der Waals surface area contributed by atoms with Gasteiger partial charge in [-0.1, -0.05) is 0 Å². The van der Waals surface area contributed by atoms with Crippen LogP contribution < -0.4 is 5.73 Å². The maximum absolute atomic E-state index is 12.8. The van der Waals surface area contributed by atoms with E-state index in [1.54, 1.807) is 35.4 Å². The Kier molecular flexibility index (Phi) is 1.73. The predicted molar refractivity (Wildman–Crippen MR) is 47.9 cm³/mol. The summed E-state index contributed by atoms with van der Waals surface area (Å²) in [5, 5.41) is 0. The maximum atomic E-state index is 12.8. The fourth-order valence-electron chi connectivity index (χ4n) is 1.10. The molecule has 0 atom stereocenters. The molecule has 13 heavy (non-hydrogen) atoms. The maximum Gasteiger partial charge on any atom is 0.146 e. The second kappa shape index (κ2) is 2.90. The SMILES string of the molecule is Nc1cc(-n2ccnc2)ccc1F. The van der Waals surface area contributed by atoms with Crippen LogP contribution in [0.5, 0.6) is 0 Å². The van der Waals surface area contributed by atoms with E-state index in [-0.39, 0.29) is 5.69 Å². The van der Waals surface area contributed by atoms with Crippen molar-refractivity contribution in [2.24, 2.45) is 0 Å². The lowest BCUT2D eigenvalue weighted by Gasteiger charge is -2.03. The first kappa shape index (κ1) is 7.79. The Morgan fingerprint density at radius 1 is 1.38 bits per heavy atom. The highest BCUT2D eigenvalue weighted by molar-refractivity contribution is 5.48. The summed E-state index contributed by atoms with van der Waals surface area (Å²) in [6, 6.07) is 4.55. The van der Waals surface area contributed by atoms with Crippen LogP contribution in [-0.4, -0.2) is 9.55 Å². The van der Waals surface area contributed by atoms with Crippen LogP contribution in [0, 0.1) is 5.82 Å². The van der Waals surface area contributed by atoms with Crippen molar-refractivity contribution in [2.45, 2.75) is 0 Å². The molecule has 0 radical (unpaired) electrons. The van der Waals surface area contributed by atoms with Gasteiger partial charge in [-0.05, 0) is 18.2 Å². The van der Waals surface area contributed by atoms with E-state index in [0.717, 1.165) is 5.69 Å². The minimum Gasteiger partial charge on any atom is -0.396 e. The number of rotatable bonds is 1. The zero-order valence-electron chi connectivity index (χ0n) is 6.81. The van der Waals surface area contributed by atoms with E-state index in [1.807, 2.05) is 0 Å². The second-order valence-electron chi connectivity index (χ2n) is 2.68. The van der Waals surface area contributed by atoms with Crippen molar-refractivity contribution < 1.29 is 4.39 Å². The molecular weight excluding hydrogens is 169 g/mol. The molecule has 66 valence electrons. The number of nitrogens with two attached hydrogens (primary N) is 1. The highest BCUT2D eigenvalue weighted by Crippen LogP contribution is 2.15. The molecule has 4 heteroatoms. The Morgan fingerprint density at radius 2 is 2.23 bits per heavy atom. The average Bonchev–Trinajstić information content (AvgIpc) is 2.62. The first-order valence-electron chi connectivity index (χ1n) is 3.81. The van der Waals surface area contributed by atoms with Crippen LogP contribution in [0.3, 0.4) is 0 Å². The minimum absolute atomic E-state index is 0.145. The molecule has 1 heterocycles. The Bertz CT molecular complexity index is 409. The van der Waals surface area contributed by atoms with Gasteiger partial charge in [0, 0.05) is 18.1 Å². The summed E-state index contributed by atoms with van der Waals surface area (Å²) < 4.78 is 14.6. The van der Waals surface area contributed by atoms with E-state index in [2.05, 4.69) is 4.98 Å². The van der Waals surface area contributed by atoms with Crippen LogP contribution >= 0.6 is 0 Å². The van der Waals surface area contributed by atoms with E-state index in [0.29, 0.717) is 0 Å². The summed E-state index contributed by atoms with van der Waals surface area (Å²) in [5.41, 5.74) is 6.36. The van der Waals surface area contributed by atoms with Gasteiger partial charge >= 0.3 is 0 Å². The molecule has 3 nitrogen and oxygen atoms in total. The minimum atomic E-state index is -0.399. The summed E-state index contributed by atoms with van der Waals surface area (Å²) in [6.45, 7) is 0. The van der Waals surface area contributed by atoms with E-state index in [1.165, 1.54) is 6.07 Å². The largest absolute Gasteiger partial charge is 0.396 e. The molecule has 2 rings (SSSR count). The molecule has 1 aromatic carbocycles. The first-order valence-corrected chi connectivity index (χ1v) is 3.81. The standard InChI is InChI=1S/C9H8FN3/c10-8-2-1-7(5-9(8)11)13-4-3-12-6-13/h1-6H,11H2. The number of anilines is 1. The Labute approximate surface area is 74.6 Å². The van der Waals surface area contributed by atoms with E-state index in [4.69, 9.17) is 5.73 Å². The summed E-state index contributed by atoms with van der Waals surface area (Å²) >= 11 is 0. The lowest BCUT2D eigenvalue weighted by molar-refractivity contribution is 0.632. The molecule has 0 aliphatic heterocycles. The first-order chi connectivity index (χ1) is 6.27. The van der Waals surface area contributed by atoms with Crippen molar-refractivity contribution >= 4 is 5.69 Å². The average molecular weight is 177 g/mol. The van der Waals surface area contributed by atoms with Crippen molar-refractivity contribution in [3.8, 4) is 5.69 Å². The molecule has 0 aliphatic carbocycles. The third kappa shape index (κ3) is 1.38. The van der Waals surface area contributed by atoms with Crippen molar-refractivity contribution in [1.82, 2.24) is 9.55 Å². The number of hydrogen-bond acceptors (Lipinski definition) is 2. The van der Waals surface area contributed by atoms with E-state index in [9.17, 15) is 4.39 Å². The molecule has 0 bridgehead atoms. The molecular formula is C9H8FN3. The molecule has 0 saturated heterocycles. The zero-order chi connectivity index (χ0) is 9.26. The number of hydrogen-bond donors (Lipinski definition) is 1. The number of nitrogen functional groups attached to an aromatic ring is 1. The van der Waals surface area contributed by atoms with Crippen molar-refractivity contribution in [3.05, 3.63) is 42.7 Å². The van der Waals surface area contributed by atoms with Gasteiger partial charge in [0.25, 0.3) is 0 Å². The van der Waals surface area contributed by atoms with Crippen molar-refractivity contribution in [1.29, 1.82) is 0 Å². The second-order valence-corrected chi connectivity index (χ2v) is 2.68. The fraction of sp³-hybridized carbons (Fsp3) is 0. The van der Waals surface area contributed by atoms with Crippen LogP contribution in [0.25, 0.3) is 5.69 Å². The Balaban J connectivity index is 2.49. The number of imidazole rings is 1. The molecule has 0 saturated carbocycles. The van der Waals surface area contributed by atoms with E-state index < -0.39 is 5.82 Å². The number of benzene rings is 1. The Hall–Kier alpha value is -1.84. The van der Waals surface area contributed by atoms with Gasteiger partial charge in [0.05, 0.1) is 12.0 Å². The molecule has 0 fully saturated rings. The fourth-order valence-corrected chi connectivity index (χ4v) is 1.10. The van der Waals surface area contributed by atoms with Gasteiger partial charge in [-0.25, -0.2) is 9.37 Å². The molecule has 2 aromatic rings. The van der Waals surface area contributed by atoms with Gasteiger partial charge in [-0.3, -0.25) is 0 Å². The highest BCUT2D eigenvalue weighted by atomic mass is 19.1. The van der Waals surface area contributed by atoms with Crippen LogP contribution in [0.15, 0.2) is 36.9 Å². The van der Waals surface area contributed by atoms with Crippen molar-refractivity contribution in [3.63, 3.8) is 0 Å². The third-order valence-corrected chi connectivity index (χ3v) is 1.78. The normalized spacial score (nSPS) is 10.2. The molecule has 0 amide bonds. The van der Waals surface area contributed by atoms with Gasteiger partial charge in [0.1, 0.15) is 5.82 Å². The van der Waals surface area contributed by atoms with Gasteiger partial charge in [0.2, 0.25) is 0 Å². The molecule has 1 aromatic heterocycles. The highest BCUT2D eigenvalue weighted by Gasteiger charge is 2.00. The molecule has 2 N–H and O–H groups in total. The number of halogens is 1. The molecule has 0 spiro atoms. The quantitative estimate of drug-likeness (QED) is 0.672. The van der Waals surface area contributed by atoms with Gasteiger partial charge in [0.15, 0.2) is 0 Å². The molecule has 0 aliphatic rings. The zero-order valence-corrected chi connectivity index (χ0v) is 6.81. The summed E-state index contributed by atoms with van der Waals surface area (Å²) in [6.07, 6.45) is 5.05. The van der Waals surface area contributed by atoms with Crippen LogP contribution in [-0.2, 0) is 0 Å². The Morgan fingerprint density at radius 3 is 2.85 bits per heavy atom. The summed E-state index contributed by atoms with van der Waals surface area (Å²) in [5.74, 6) is -0.399. The van der Waals surface area contributed by atoms with Gasteiger partial charge < -0.3 is 10.3 Å². The van der Waals surface area contributed by atoms with Gasteiger partial charge in [-0.2, -0.15) is 0 Å².